The lowest BCUT2D eigenvalue weighted by atomic mass is 10.2. The molecule has 3 aromatic rings. The van der Waals surface area contributed by atoms with Gasteiger partial charge in [-0.05, 0) is 60.9 Å². The summed E-state index contributed by atoms with van der Waals surface area (Å²) in [6.45, 7) is 0.445. The fourth-order valence-electron chi connectivity index (χ4n) is 2.54. The summed E-state index contributed by atoms with van der Waals surface area (Å²) in [7, 11) is 0. The first kappa shape index (κ1) is 18.3. The van der Waals surface area contributed by atoms with E-state index in [4.69, 9.17) is 16.3 Å². The van der Waals surface area contributed by atoms with Crippen LogP contribution in [0.5, 0.6) is 5.75 Å². The third-order valence-corrected chi connectivity index (χ3v) is 4.48. The molecule has 1 saturated carbocycles. The number of halogens is 1. The van der Waals surface area contributed by atoms with Gasteiger partial charge in [-0.15, -0.1) is 0 Å². The van der Waals surface area contributed by atoms with Crippen molar-refractivity contribution in [1.29, 1.82) is 0 Å². The highest BCUT2D eigenvalue weighted by Gasteiger charge is 2.22. The van der Waals surface area contributed by atoms with Crippen molar-refractivity contribution < 1.29 is 9.53 Å². The van der Waals surface area contributed by atoms with E-state index in [0.717, 1.165) is 18.4 Å². The molecule has 2 aromatic carbocycles. The summed E-state index contributed by atoms with van der Waals surface area (Å²) >= 11 is 5.88. The van der Waals surface area contributed by atoms with Crippen LogP contribution in [0.4, 0.5) is 11.6 Å². The van der Waals surface area contributed by atoms with Gasteiger partial charge in [-0.3, -0.25) is 4.79 Å². The van der Waals surface area contributed by atoms with Crippen LogP contribution in [0.1, 0.15) is 28.9 Å². The summed E-state index contributed by atoms with van der Waals surface area (Å²) in [6.07, 6.45) is 3.82. The van der Waals surface area contributed by atoms with E-state index in [9.17, 15) is 4.79 Å². The average molecular weight is 395 g/mol. The standard InChI is InChI=1S/C21H19ClN4O2/c22-15-3-1-14(2-4-15)13-28-18-9-7-16(8-10-18)24-20(27)19-11-12-23-21(26-19)25-17-5-6-17/h1-4,7-12,17H,5-6,13H2,(H,24,27)(H,23,25,26). The Kier molecular flexibility index (Phi) is 5.39. The van der Waals surface area contributed by atoms with E-state index in [0.29, 0.717) is 40.8 Å². The molecule has 0 atom stereocenters. The maximum Gasteiger partial charge on any atom is 0.274 e. The van der Waals surface area contributed by atoms with Crippen LogP contribution in [0.25, 0.3) is 0 Å². The molecule has 4 rings (SSSR count). The van der Waals surface area contributed by atoms with Crippen LogP contribution >= 0.6 is 11.6 Å². The molecule has 2 N–H and O–H groups in total. The molecule has 0 spiro atoms. The predicted molar refractivity (Wildman–Crippen MR) is 109 cm³/mol. The first-order valence-electron chi connectivity index (χ1n) is 9.04. The number of nitrogens with zero attached hydrogens (tertiary/aromatic N) is 2. The molecule has 0 bridgehead atoms. The molecule has 6 nitrogen and oxygen atoms in total. The van der Waals surface area contributed by atoms with Gasteiger partial charge in [0.15, 0.2) is 0 Å². The number of ether oxygens (including phenoxy) is 1. The van der Waals surface area contributed by atoms with E-state index in [2.05, 4.69) is 20.6 Å². The van der Waals surface area contributed by atoms with Crippen LogP contribution in [0.15, 0.2) is 60.8 Å². The number of carbonyl (C=O) groups is 1. The fraction of sp³-hybridized carbons (Fsp3) is 0.190. The number of nitrogens with one attached hydrogen (secondary N) is 2. The van der Waals surface area contributed by atoms with Crippen molar-refractivity contribution in [2.75, 3.05) is 10.6 Å². The van der Waals surface area contributed by atoms with E-state index in [1.807, 2.05) is 36.4 Å². The minimum Gasteiger partial charge on any atom is -0.489 e. The van der Waals surface area contributed by atoms with Gasteiger partial charge in [0.2, 0.25) is 5.95 Å². The lowest BCUT2D eigenvalue weighted by Gasteiger charge is -2.09. The van der Waals surface area contributed by atoms with Gasteiger partial charge in [0.1, 0.15) is 18.1 Å². The monoisotopic (exact) mass is 394 g/mol. The number of anilines is 2. The zero-order valence-electron chi connectivity index (χ0n) is 15.1. The summed E-state index contributed by atoms with van der Waals surface area (Å²) in [5.41, 5.74) is 2.02. The molecular weight excluding hydrogens is 376 g/mol. The summed E-state index contributed by atoms with van der Waals surface area (Å²) in [5.74, 6) is 0.920. The summed E-state index contributed by atoms with van der Waals surface area (Å²) in [6, 6.07) is 16.7. The highest BCUT2D eigenvalue weighted by atomic mass is 35.5. The van der Waals surface area contributed by atoms with Gasteiger partial charge in [-0.2, -0.15) is 0 Å². The second-order valence-corrected chi connectivity index (χ2v) is 7.01. The molecule has 1 fully saturated rings. The molecule has 28 heavy (non-hydrogen) atoms. The van der Waals surface area contributed by atoms with Crippen LogP contribution in [0.3, 0.4) is 0 Å². The van der Waals surface area contributed by atoms with Crippen LogP contribution in [0, 0.1) is 0 Å². The molecule has 1 heterocycles. The molecule has 1 aliphatic carbocycles. The average Bonchev–Trinajstić information content (AvgIpc) is 3.53. The number of hydrogen-bond donors (Lipinski definition) is 2. The third kappa shape index (κ3) is 4.98. The minimum absolute atomic E-state index is 0.281. The van der Waals surface area contributed by atoms with Crippen molar-refractivity contribution in [2.24, 2.45) is 0 Å². The summed E-state index contributed by atoms with van der Waals surface area (Å²) in [5, 5.41) is 6.72. The van der Waals surface area contributed by atoms with Gasteiger partial charge in [0.25, 0.3) is 5.91 Å². The quantitative estimate of drug-likeness (QED) is 0.615. The van der Waals surface area contributed by atoms with Gasteiger partial charge in [0.05, 0.1) is 0 Å². The lowest BCUT2D eigenvalue weighted by molar-refractivity contribution is 0.102. The van der Waals surface area contributed by atoms with Crippen LogP contribution in [0.2, 0.25) is 5.02 Å². The van der Waals surface area contributed by atoms with Crippen molar-refractivity contribution in [2.45, 2.75) is 25.5 Å². The zero-order chi connectivity index (χ0) is 19.3. The molecule has 1 aliphatic rings. The largest absolute Gasteiger partial charge is 0.489 e. The highest BCUT2D eigenvalue weighted by Crippen LogP contribution is 2.23. The molecule has 0 saturated heterocycles. The minimum atomic E-state index is -0.281. The SMILES string of the molecule is O=C(Nc1ccc(OCc2ccc(Cl)cc2)cc1)c1ccnc(NC2CC2)n1. The number of rotatable bonds is 7. The Bertz CT molecular complexity index is 957. The number of aromatic nitrogens is 2. The summed E-state index contributed by atoms with van der Waals surface area (Å²) in [4.78, 5) is 20.8. The Labute approximate surface area is 167 Å². The Hall–Kier alpha value is -3.12. The highest BCUT2D eigenvalue weighted by molar-refractivity contribution is 6.30. The summed E-state index contributed by atoms with van der Waals surface area (Å²) < 4.78 is 5.75. The Morgan fingerprint density at radius 2 is 1.82 bits per heavy atom. The van der Waals surface area contributed by atoms with Gasteiger partial charge >= 0.3 is 0 Å². The fourth-order valence-corrected chi connectivity index (χ4v) is 2.67. The van der Waals surface area contributed by atoms with Crippen LogP contribution in [-0.2, 0) is 6.61 Å². The molecule has 142 valence electrons. The zero-order valence-corrected chi connectivity index (χ0v) is 15.8. The Morgan fingerprint density at radius 3 is 2.54 bits per heavy atom. The van der Waals surface area contributed by atoms with E-state index < -0.39 is 0 Å². The maximum absolute atomic E-state index is 12.4. The van der Waals surface area contributed by atoms with Gasteiger partial charge in [0, 0.05) is 22.9 Å². The molecule has 1 amide bonds. The van der Waals surface area contributed by atoms with Crippen molar-refractivity contribution in [3.05, 3.63) is 77.1 Å². The van der Waals surface area contributed by atoms with Crippen LogP contribution < -0.4 is 15.4 Å². The smallest absolute Gasteiger partial charge is 0.274 e. The molecule has 7 heteroatoms. The van der Waals surface area contributed by atoms with E-state index in [-0.39, 0.29) is 5.91 Å². The molecular formula is C21H19ClN4O2. The van der Waals surface area contributed by atoms with E-state index in [1.54, 1.807) is 24.4 Å². The second-order valence-electron chi connectivity index (χ2n) is 6.58. The first-order valence-corrected chi connectivity index (χ1v) is 9.42. The second kappa shape index (κ2) is 8.27. The molecule has 0 aliphatic heterocycles. The Balaban J connectivity index is 1.33. The number of hydrogen-bond acceptors (Lipinski definition) is 5. The van der Waals surface area contributed by atoms with Crippen LogP contribution in [-0.4, -0.2) is 21.9 Å². The molecule has 0 radical (unpaired) electrons. The van der Waals surface area contributed by atoms with Crippen molar-refractivity contribution in [3.8, 4) is 5.75 Å². The first-order chi connectivity index (χ1) is 13.7. The van der Waals surface area contributed by atoms with E-state index >= 15 is 0 Å². The van der Waals surface area contributed by atoms with E-state index in [1.165, 1.54) is 0 Å². The number of carbonyl (C=O) groups excluding carboxylic acids is 1. The normalized spacial score (nSPS) is 13.0. The van der Waals surface area contributed by atoms with Gasteiger partial charge in [-0.1, -0.05) is 23.7 Å². The van der Waals surface area contributed by atoms with Crippen molar-refractivity contribution >= 4 is 29.1 Å². The molecule has 0 unspecified atom stereocenters. The lowest BCUT2D eigenvalue weighted by Crippen LogP contribution is -2.15. The van der Waals surface area contributed by atoms with Crippen molar-refractivity contribution in [1.82, 2.24) is 9.97 Å². The third-order valence-electron chi connectivity index (χ3n) is 4.23. The van der Waals surface area contributed by atoms with Crippen molar-refractivity contribution in [3.63, 3.8) is 0 Å². The van der Waals surface area contributed by atoms with Gasteiger partial charge in [-0.25, -0.2) is 9.97 Å². The number of benzene rings is 2. The number of amides is 1. The predicted octanol–water partition coefficient (Wildman–Crippen LogP) is 4.54. The molecule has 1 aromatic heterocycles. The Morgan fingerprint density at radius 1 is 1.07 bits per heavy atom. The maximum atomic E-state index is 12.4. The topological polar surface area (TPSA) is 76.1 Å². The van der Waals surface area contributed by atoms with Gasteiger partial charge < -0.3 is 15.4 Å².